The molecule has 0 aromatic carbocycles. The van der Waals surface area contributed by atoms with Crippen molar-refractivity contribution in [1.82, 2.24) is 14.8 Å². The molecule has 1 N–H and O–H groups in total. The number of hydrogen-bond acceptors (Lipinski definition) is 3. The molecular weight excluding hydrogens is 130 g/mol. The van der Waals surface area contributed by atoms with Crippen LogP contribution < -0.4 is 0 Å². The molecule has 0 atom stereocenters. The zero-order chi connectivity index (χ0) is 7.61. The second-order valence-electron chi connectivity index (χ2n) is 2.95. The molecule has 0 bridgehead atoms. The molecule has 4 nitrogen and oxygen atoms in total. The van der Waals surface area contributed by atoms with E-state index in [4.69, 9.17) is 0 Å². The van der Waals surface area contributed by atoms with E-state index in [1.54, 1.807) is 31.1 Å². The number of rotatable bonds is 2. The van der Waals surface area contributed by atoms with Crippen molar-refractivity contribution in [2.24, 2.45) is 0 Å². The van der Waals surface area contributed by atoms with Crippen molar-refractivity contribution in [3.63, 3.8) is 0 Å². The molecular formula is C6H11N3O. The minimum absolute atomic E-state index is 0.528. The Labute approximate surface area is 59.5 Å². The van der Waals surface area contributed by atoms with Gasteiger partial charge in [0.2, 0.25) is 0 Å². The van der Waals surface area contributed by atoms with E-state index in [9.17, 15) is 5.11 Å². The molecule has 4 heteroatoms. The molecule has 0 unspecified atom stereocenters. The predicted molar refractivity (Wildman–Crippen MR) is 36.3 cm³/mol. The highest BCUT2D eigenvalue weighted by Crippen LogP contribution is 2.03. The highest BCUT2D eigenvalue weighted by atomic mass is 16.3. The SMILES string of the molecule is CC(C)(O)Cn1cnnc1. The Balaban J connectivity index is 2.57. The van der Waals surface area contributed by atoms with Gasteiger partial charge in [-0.15, -0.1) is 10.2 Å². The molecule has 0 saturated carbocycles. The lowest BCUT2D eigenvalue weighted by atomic mass is 10.1. The van der Waals surface area contributed by atoms with Gasteiger partial charge in [0.1, 0.15) is 12.7 Å². The normalized spacial score (nSPS) is 11.9. The van der Waals surface area contributed by atoms with Crippen molar-refractivity contribution in [2.75, 3.05) is 0 Å². The molecule has 0 amide bonds. The third-order valence-corrected chi connectivity index (χ3v) is 1.04. The van der Waals surface area contributed by atoms with Gasteiger partial charge in [0.15, 0.2) is 0 Å². The lowest BCUT2D eigenvalue weighted by molar-refractivity contribution is 0.0614. The Morgan fingerprint density at radius 3 is 2.30 bits per heavy atom. The van der Waals surface area contributed by atoms with Crippen LogP contribution in [-0.2, 0) is 6.54 Å². The van der Waals surface area contributed by atoms with Crippen molar-refractivity contribution >= 4 is 0 Å². The number of hydrogen-bond donors (Lipinski definition) is 1. The van der Waals surface area contributed by atoms with Gasteiger partial charge in [-0.1, -0.05) is 0 Å². The maximum atomic E-state index is 9.31. The molecule has 1 heterocycles. The van der Waals surface area contributed by atoms with Crippen LogP contribution in [0.4, 0.5) is 0 Å². The van der Waals surface area contributed by atoms with Crippen LogP contribution in [0.25, 0.3) is 0 Å². The van der Waals surface area contributed by atoms with Gasteiger partial charge in [-0.3, -0.25) is 0 Å². The molecule has 0 aliphatic rings. The molecule has 1 rings (SSSR count). The standard InChI is InChI=1S/C6H11N3O/c1-6(2,10)3-9-4-7-8-5-9/h4-5,10H,3H2,1-2H3. The van der Waals surface area contributed by atoms with Crippen LogP contribution in [0.2, 0.25) is 0 Å². The molecule has 1 aromatic heterocycles. The summed E-state index contributed by atoms with van der Waals surface area (Å²) in [5.41, 5.74) is -0.692. The lowest BCUT2D eigenvalue weighted by Gasteiger charge is -2.16. The maximum Gasteiger partial charge on any atom is 0.119 e. The monoisotopic (exact) mass is 141 g/mol. The third-order valence-electron chi connectivity index (χ3n) is 1.04. The highest BCUT2D eigenvalue weighted by molar-refractivity contribution is 4.70. The largest absolute Gasteiger partial charge is 0.389 e. The fourth-order valence-corrected chi connectivity index (χ4v) is 0.751. The molecule has 0 radical (unpaired) electrons. The van der Waals surface area contributed by atoms with Gasteiger partial charge in [-0.05, 0) is 13.8 Å². The summed E-state index contributed by atoms with van der Waals surface area (Å²) in [4.78, 5) is 0. The number of aromatic nitrogens is 3. The topological polar surface area (TPSA) is 50.9 Å². The van der Waals surface area contributed by atoms with E-state index < -0.39 is 5.60 Å². The summed E-state index contributed by atoms with van der Waals surface area (Å²) in [7, 11) is 0. The van der Waals surface area contributed by atoms with E-state index in [-0.39, 0.29) is 0 Å². The Kier molecular flexibility index (Phi) is 1.72. The van der Waals surface area contributed by atoms with Crippen LogP contribution in [0, 0.1) is 0 Å². The van der Waals surface area contributed by atoms with Crippen molar-refractivity contribution < 1.29 is 5.11 Å². The van der Waals surface area contributed by atoms with Crippen LogP contribution in [0.3, 0.4) is 0 Å². The van der Waals surface area contributed by atoms with Gasteiger partial charge >= 0.3 is 0 Å². The molecule has 0 fully saturated rings. The van der Waals surface area contributed by atoms with Crippen molar-refractivity contribution in [1.29, 1.82) is 0 Å². The Hall–Kier alpha value is -0.900. The highest BCUT2D eigenvalue weighted by Gasteiger charge is 2.12. The predicted octanol–water partition coefficient (Wildman–Crippen LogP) is 0.0490. The van der Waals surface area contributed by atoms with Crippen molar-refractivity contribution in [3.8, 4) is 0 Å². The summed E-state index contributed by atoms with van der Waals surface area (Å²) >= 11 is 0. The van der Waals surface area contributed by atoms with Gasteiger partial charge < -0.3 is 9.67 Å². The molecule has 0 spiro atoms. The third kappa shape index (κ3) is 2.14. The Morgan fingerprint density at radius 1 is 1.40 bits per heavy atom. The Bertz CT molecular complexity index is 187. The van der Waals surface area contributed by atoms with E-state index >= 15 is 0 Å². The first-order valence-corrected chi connectivity index (χ1v) is 3.13. The number of aliphatic hydroxyl groups is 1. The van der Waals surface area contributed by atoms with E-state index in [0.717, 1.165) is 0 Å². The van der Waals surface area contributed by atoms with Crippen LogP contribution in [0.5, 0.6) is 0 Å². The second-order valence-corrected chi connectivity index (χ2v) is 2.95. The minimum Gasteiger partial charge on any atom is -0.389 e. The average Bonchev–Trinajstić information content (AvgIpc) is 2.12. The quantitative estimate of drug-likeness (QED) is 0.633. The van der Waals surface area contributed by atoms with Crippen LogP contribution in [0.1, 0.15) is 13.8 Å². The zero-order valence-electron chi connectivity index (χ0n) is 6.15. The van der Waals surface area contributed by atoms with Crippen LogP contribution in [0.15, 0.2) is 12.7 Å². The first-order valence-electron chi connectivity index (χ1n) is 3.13. The van der Waals surface area contributed by atoms with Gasteiger partial charge in [0.25, 0.3) is 0 Å². The van der Waals surface area contributed by atoms with E-state index in [0.29, 0.717) is 6.54 Å². The van der Waals surface area contributed by atoms with Crippen molar-refractivity contribution in [2.45, 2.75) is 26.0 Å². The first-order chi connectivity index (χ1) is 4.58. The van der Waals surface area contributed by atoms with Gasteiger partial charge in [-0.25, -0.2) is 0 Å². The van der Waals surface area contributed by atoms with E-state index in [1.165, 1.54) is 0 Å². The van der Waals surface area contributed by atoms with Gasteiger partial charge in [0.05, 0.1) is 12.1 Å². The fourth-order valence-electron chi connectivity index (χ4n) is 0.751. The molecule has 0 aliphatic carbocycles. The summed E-state index contributed by atoms with van der Waals surface area (Å²) in [5, 5.41) is 16.5. The zero-order valence-corrected chi connectivity index (χ0v) is 6.15. The molecule has 1 aromatic rings. The molecule has 0 saturated heterocycles. The summed E-state index contributed by atoms with van der Waals surface area (Å²) in [5.74, 6) is 0. The first kappa shape index (κ1) is 7.21. The Morgan fingerprint density at radius 2 is 1.90 bits per heavy atom. The number of nitrogens with zero attached hydrogens (tertiary/aromatic N) is 3. The second kappa shape index (κ2) is 2.38. The lowest BCUT2D eigenvalue weighted by Crippen LogP contribution is -2.25. The smallest absolute Gasteiger partial charge is 0.119 e. The molecule has 10 heavy (non-hydrogen) atoms. The summed E-state index contributed by atoms with van der Waals surface area (Å²) in [6.45, 7) is 4.01. The van der Waals surface area contributed by atoms with Crippen LogP contribution in [-0.4, -0.2) is 25.5 Å². The molecule has 0 aliphatic heterocycles. The average molecular weight is 141 g/mol. The van der Waals surface area contributed by atoms with E-state index in [2.05, 4.69) is 10.2 Å². The maximum absolute atomic E-state index is 9.31. The van der Waals surface area contributed by atoms with Crippen molar-refractivity contribution in [3.05, 3.63) is 12.7 Å². The molecule has 56 valence electrons. The fraction of sp³-hybridized carbons (Fsp3) is 0.667. The summed E-state index contributed by atoms with van der Waals surface area (Å²) < 4.78 is 1.74. The van der Waals surface area contributed by atoms with Crippen LogP contribution >= 0.6 is 0 Å². The van der Waals surface area contributed by atoms with E-state index in [1.807, 2.05) is 0 Å². The summed E-state index contributed by atoms with van der Waals surface area (Å²) in [6.07, 6.45) is 3.16. The van der Waals surface area contributed by atoms with Gasteiger partial charge in [-0.2, -0.15) is 0 Å². The minimum atomic E-state index is -0.692. The van der Waals surface area contributed by atoms with Gasteiger partial charge in [0, 0.05) is 0 Å². The summed E-state index contributed by atoms with van der Waals surface area (Å²) in [6, 6.07) is 0.